The van der Waals surface area contributed by atoms with Crippen LogP contribution < -0.4 is 10.0 Å². The molecule has 138 valence electrons. The lowest BCUT2D eigenvalue weighted by Crippen LogP contribution is -2.01. The number of aromatic nitrogens is 3. The first-order valence-corrected chi connectivity index (χ1v) is 9.47. The van der Waals surface area contributed by atoms with Gasteiger partial charge in [-0.15, -0.1) is 0 Å². The van der Waals surface area contributed by atoms with E-state index in [0.29, 0.717) is 26.9 Å². The SMILES string of the molecule is O=S(O)Nc1ccc(Nc2nc3c(-c4c(F)cccc4F)[nH]nc3s2)cc1. The molecule has 0 bridgehead atoms. The van der Waals surface area contributed by atoms with Crippen molar-refractivity contribution < 1.29 is 17.5 Å². The van der Waals surface area contributed by atoms with Crippen LogP contribution in [0.4, 0.5) is 25.3 Å². The van der Waals surface area contributed by atoms with E-state index in [1.165, 1.54) is 29.5 Å². The first-order valence-electron chi connectivity index (χ1n) is 7.55. The molecular weight excluding hydrogens is 396 g/mol. The van der Waals surface area contributed by atoms with Gasteiger partial charge in [0.1, 0.15) is 17.2 Å². The predicted molar refractivity (Wildman–Crippen MR) is 101 cm³/mol. The highest BCUT2D eigenvalue weighted by molar-refractivity contribution is 7.80. The van der Waals surface area contributed by atoms with Gasteiger partial charge in [-0.05, 0) is 36.4 Å². The van der Waals surface area contributed by atoms with Crippen molar-refractivity contribution in [2.45, 2.75) is 0 Å². The summed E-state index contributed by atoms with van der Waals surface area (Å²) in [4.78, 5) is 4.88. The van der Waals surface area contributed by atoms with Crippen molar-refractivity contribution >= 4 is 49.5 Å². The van der Waals surface area contributed by atoms with E-state index < -0.39 is 22.9 Å². The fourth-order valence-corrected chi connectivity index (χ4v) is 3.68. The van der Waals surface area contributed by atoms with Gasteiger partial charge in [0, 0.05) is 11.4 Å². The van der Waals surface area contributed by atoms with E-state index in [0.717, 1.165) is 0 Å². The standard InChI is InChI=1S/C16H11F2N5O2S2/c17-10-2-1-3-11(18)12(10)13-14-15(22-21-13)26-16(20-14)19-8-4-6-9(7-5-8)23-27(24)25/h1-7,23H,(H,19,20)(H,21,22)(H,24,25). The predicted octanol–water partition coefficient (Wildman–Crippen LogP) is 4.26. The maximum absolute atomic E-state index is 14.1. The number of halogens is 2. The molecule has 4 rings (SSSR count). The van der Waals surface area contributed by atoms with Crippen LogP contribution in [0.5, 0.6) is 0 Å². The molecule has 27 heavy (non-hydrogen) atoms. The number of hydrogen-bond donors (Lipinski definition) is 4. The molecule has 4 N–H and O–H groups in total. The average Bonchev–Trinajstić information content (AvgIpc) is 3.17. The van der Waals surface area contributed by atoms with Gasteiger partial charge >= 0.3 is 0 Å². The minimum atomic E-state index is -2.14. The van der Waals surface area contributed by atoms with Crippen LogP contribution >= 0.6 is 11.3 Å². The molecule has 1 atom stereocenters. The van der Waals surface area contributed by atoms with Crippen LogP contribution in [0.25, 0.3) is 21.6 Å². The Labute approximate surface area is 157 Å². The van der Waals surface area contributed by atoms with Gasteiger partial charge in [0.15, 0.2) is 9.96 Å². The molecule has 0 radical (unpaired) electrons. The van der Waals surface area contributed by atoms with E-state index in [-0.39, 0.29) is 11.3 Å². The van der Waals surface area contributed by atoms with Crippen LogP contribution in [0.15, 0.2) is 42.5 Å². The second-order valence-electron chi connectivity index (χ2n) is 5.42. The first kappa shape index (κ1) is 17.5. The zero-order chi connectivity index (χ0) is 19.0. The molecule has 0 aliphatic rings. The maximum Gasteiger partial charge on any atom is 0.259 e. The largest absolute Gasteiger partial charge is 0.331 e. The first-order chi connectivity index (χ1) is 13.0. The van der Waals surface area contributed by atoms with E-state index in [1.54, 1.807) is 24.3 Å². The molecule has 0 fully saturated rings. The maximum atomic E-state index is 14.1. The Bertz CT molecular complexity index is 1120. The summed E-state index contributed by atoms with van der Waals surface area (Å²) in [5, 5.41) is 10.3. The summed E-state index contributed by atoms with van der Waals surface area (Å²) in [6.07, 6.45) is 0. The normalized spacial score (nSPS) is 12.3. The lowest BCUT2D eigenvalue weighted by Gasteiger charge is -2.05. The highest BCUT2D eigenvalue weighted by Crippen LogP contribution is 2.35. The van der Waals surface area contributed by atoms with Crippen LogP contribution in [-0.4, -0.2) is 23.9 Å². The number of H-pyrrole nitrogens is 1. The van der Waals surface area contributed by atoms with Gasteiger partial charge in [0.05, 0.1) is 11.3 Å². The summed E-state index contributed by atoms with van der Waals surface area (Å²) >= 11 is -0.924. The number of anilines is 3. The quantitative estimate of drug-likeness (QED) is 0.370. The fraction of sp³-hybridized carbons (Fsp3) is 0. The van der Waals surface area contributed by atoms with E-state index in [9.17, 15) is 13.0 Å². The van der Waals surface area contributed by atoms with Crippen molar-refractivity contribution in [1.82, 2.24) is 15.2 Å². The number of fused-ring (bicyclic) bond motifs is 1. The summed E-state index contributed by atoms with van der Waals surface area (Å²) in [6, 6.07) is 10.3. The monoisotopic (exact) mass is 407 g/mol. The van der Waals surface area contributed by atoms with Gasteiger partial charge in [0.2, 0.25) is 0 Å². The summed E-state index contributed by atoms with van der Waals surface area (Å²) in [5.74, 6) is -1.40. The fourth-order valence-electron chi connectivity index (χ4n) is 2.52. The van der Waals surface area contributed by atoms with E-state index in [4.69, 9.17) is 4.55 Å². The Balaban J connectivity index is 1.63. The summed E-state index contributed by atoms with van der Waals surface area (Å²) in [7, 11) is 0. The van der Waals surface area contributed by atoms with Crippen LogP contribution in [0.1, 0.15) is 0 Å². The Morgan fingerprint density at radius 2 is 1.74 bits per heavy atom. The smallest absolute Gasteiger partial charge is 0.259 e. The van der Waals surface area contributed by atoms with E-state index in [1.807, 2.05) is 0 Å². The Morgan fingerprint density at radius 3 is 2.41 bits per heavy atom. The molecule has 4 aromatic rings. The third-order valence-electron chi connectivity index (χ3n) is 3.67. The van der Waals surface area contributed by atoms with Crippen molar-refractivity contribution in [3.05, 3.63) is 54.1 Å². The summed E-state index contributed by atoms with van der Waals surface area (Å²) in [6.45, 7) is 0. The molecule has 0 aliphatic carbocycles. The van der Waals surface area contributed by atoms with E-state index >= 15 is 0 Å². The number of aromatic amines is 1. The van der Waals surface area contributed by atoms with Crippen LogP contribution in [0.3, 0.4) is 0 Å². The number of hydrogen-bond acceptors (Lipinski definition) is 5. The molecule has 0 amide bonds. The number of thiazole rings is 1. The molecule has 0 saturated heterocycles. The Kier molecular flexibility index (Phi) is 4.56. The zero-order valence-electron chi connectivity index (χ0n) is 13.4. The number of nitrogens with one attached hydrogen (secondary N) is 3. The molecule has 0 saturated carbocycles. The summed E-state index contributed by atoms with van der Waals surface area (Å²) in [5.41, 5.74) is 1.50. The average molecular weight is 407 g/mol. The molecule has 1 unspecified atom stereocenters. The van der Waals surface area contributed by atoms with E-state index in [2.05, 4.69) is 25.2 Å². The van der Waals surface area contributed by atoms with Gasteiger partial charge in [-0.1, -0.05) is 17.4 Å². The molecule has 2 heterocycles. The molecule has 2 aromatic carbocycles. The van der Waals surface area contributed by atoms with Crippen LogP contribution in [0, 0.1) is 11.6 Å². The Hall–Kier alpha value is -2.89. The minimum Gasteiger partial charge on any atom is -0.331 e. The van der Waals surface area contributed by atoms with Crippen molar-refractivity contribution in [2.24, 2.45) is 0 Å². The second kappa shape index (κ2) is 7.02. The molecule has 11 heteroatoms. The number of nitrogens with zero attached hydrogens (tertiary/aromatic N) is 2. The summed E-state index contributed by atoms with van der Waals surface area (Å²) < 4.78 is 50.0. The molecule has 2 aromatic heterocycles. The topological polar surface area (TPSA) is 103 Å². The van der Waals surface area contributed by atoms with Crippen molar-refractivity contribution in [3.63, 3.8) is 0 Å². The highest BCUT2D eigenvalue weighted by atomic mass is 32.2. The van der Waals surface area contributed by atoms with Gasteiger partial charge in [-0.25, -0.2) is 18.0 Å². The van der Waals surface area contributed by atoms with Crippen LogP contribution in [0.2, 0.25) is 0 Å². The van der Waals surface area contributed by atoms with Crippen molar-refractivity contribution in [2.75, 3.05) is 10.0 Å². The van der Waals surface area contributed by atoms with Gasteiger partial charge in [-0.2, -0.15) is 5.10 Å². The molecular formula is C16H11F2N5O2S2. The number of benzene rings is 2. The third kappa shape index (κ3) is 3.52. The lowest BCUT2D eigenvalue weighted by molar-refractivity contribution is 0.570. The second-order valence-corrected chi connectivity index (χ2v) is 7.10. The molecule has 0 spiro atoms. The Morgan fingerprint density at radius 1 is 1.07 bits per heavy atom. The molecule has 0 aliphatic heterocycles. The zero-order valence-corrected chi connectivity index (χ0v) is 15.0. The van der Waals surface area contributed by atoms with Crippen molar-refractivity contribution in [3.8, 4) is 11.3 Å². The van der Waals surface area contributed by atoms with Crippen LogP contribution in [-0.2, 0) is 11.3 Å². The highest BCUT2D eigenvalue weighted by Gasteiger charge is 2.19. The number of rotatable bonds is 5. The minimum absolute atomic E-state index is 0.176. The lowest BCUT2D eigenvalue weighted by atomic mass is 10.1. The van der Waals surface area contributed by atoms with Crippen molar-refractivity contribution in [1.29, 1.82) is 0 Å². The molecule has 7 nitrogen and oxygen atoms in total. The van der Waals surface area contributed by atoms with Gasteiger partial charge in [-0.3, -0.25) is 14.4 Å². The van der Waals surface area contributed by atoms with Gasteiger partial charge < -0.3 is 5.32 Å². The third-order valence-corrected chi connectivity index (χ3v) is 4.94. The van der Waals surface area contributed by atoms with Gasteiger partial charge in [0.25, 0.3) is 11.3 Å².